The highest BCUT2D eigenvalue weighted by atomic mass is 19.1. The van der Waals surface area contributed by atoms with Crippen LogP contribution in [0.4, 0.5) is 10.1 Å². The second-order valence-corrected chi connectivity index (χ2v) is 4.64. The van der Waals surface area contributed by atoms with E-state index in [-0.39, 0.29) is 24.1 Å². The number of anilines is 1. The van der Waals surface area contributed by atoms with E-state index in [2.05, 4.69) is 5.32 Å². The molecule has 0 atom stereocenters. The lowest BCUT2D eigenvalue weighted by atomic mass is 10.1. The molecule has 2 aromatic rings. The summed E-state index contributed by atoms with van der Waals surface area (Å²) < 4.78 is 18.1. The summed E-state index contributed by atoms with van der Waals surface area (Å²) in [5.74, 6) is -0.154. The van der Waals surface area contributed by atoms with Crippen LogP contribution >= 0.6 is 0 Å². The number of hydrogen-bond donors (Lipinski definition) is 1. The number of amides is 1. The topological polar surface area (TPSA) is 55.4 Å². The number of nitrogens with one attached hydrogen (secondary N) is 1. The largest absolute Gasteiger partial charge is 0.484 e. The summed E-state index contributed by atoms with van der Waals surface area (Å²) in [5.41, 5.74) is 1.12. The van der Waals surface area contributed by atoms with Crippen LogP contribution in [0.1, 0.15) is 23.7 Å². The van der Waals surface area contributed by atoms with Crippen molar-refractivity contribution in [2.75, 3.05) is 11.9 Å². The Morgan fingerprint density at radius 1 is 1.05 bits per heavy atom. The third kappa shape index (κ3) is 4.41. The summed E-state index contributed by atoms with van der Waals surface area (Å²) in [4.78, 5) is 23.2. The molecule has 1 N–H and O–H groups in total. The lowest BCUT2D eigenvalue weighted by Crippen LogP contribution is -2.20. The van der Waals surface area contributed by atoms with E-state index in [1.54, 1.807) is 31.2 Å². The van der Waals surface area contributed by atoms with Gasteiger partial charge in [0.25, 0.3) is 5.91 Å². The summed E-state index contributed by atoms with van der Waals surface area (Å²) in [6.45, 7) is 1.63. The smallest absolute Gasteiger partial charge is 0.262 e. The van der Waals surface area contributed by atoms with Gasteiger partial charge in [-0.25, -0.2) is 4.39 Å². The number of rotatable bonds is 6. The van der Waals surface area contributed by atoms with Crippen molar-refractivity contribution in [3.63, 3.8) is 0 Å². The number of ether oxygens (including phenoxy) is 1. The Balaban J connectivity index is 1.85. The van der Waals surface area contributed by atoms with Gasteiger partial charge in [-0.1, -0.05) is 6.92 Å². The van der Waals surface area contributed by atoms with E-state index < -0.39 is 0 Å². The molecule has 0 aromatic heterocycles. The van der Waals surface area contributed by atoms with Crippen LogP contribution in [-0.2, 0) is 4.79 Å². The van der Waals surface area contributed by atoms with Crippen LogP contribution in [0.25, 0.3) is 0 Å². The Hall–Kier alpha value is -2.69. The van der Waals surface area contributed by atoms with Crippen molar-refractivity contribution in [1.82, 2.24) is 0 Å². The van der Waals surface area contributed by atoms with Crippen molar-refractivity contribution in [2.45, 2.75) is 13.3 Å². The molecule has 0 aliphatic rings. The molecule has 0 radical (unpaired) electrons. The third-order valence-electron chi connectivity index (χ3n) is 3.00. The zero-order valence-corrected chi connectivity index (χ0v) is 12.1. The second-order valence-electron chi connectivity index (χ2n) is 4.64. The van der Waals surface area contributed by atoms with E-state index in [4.69, 9.17) is 4.74 Å². The zero-order chi connectivity index (χ0) is 15.9. The van der Waals surface area contributed by atoms with Gasteiger partial charge in [0.1, 0.15) is 11.6 Å². The standard InChI is InChI=1S/C17H16FNO3/c1-2-16(20)12-3-9-15(10-4-12)22-11-17(21)19-14-7-5-13(18)6-8-14/h3-10H,2,11H2,1H3,(H,19,21). The van der Waals surface area contributed by atoms with Gasteiger partial charge in [-0.05, 0) is 48.5 Å². The molecule has 22 heavy (non-hydrogen) atoms. The molecule has 5 heteroatoms. The Labute approximate surface area is 127 Å². The van der Waals surface area contributed by atoms with Crippen molar-refractivity contribution in [2.24, 2.45) is 0 Å². The van der Waals surface area contributed by atoms with Crippen molar-refractivity contribution < 1.29 is 18.7 Å². The molecule has 0 saturated carbocycles. The van der Waals surface area contributed by atoms with Gasteiger partial charge in [0.15, 0.2) is 12.4 Å². The molecule has 114 valence electrons. The number of benzene rings is 2. The molecule has 0 spiro atoms. The van der Waals surface area contributed by atoms with Gasteiger partial charge in [0, 0.05) is 17.7 Å². The van der Waals surface area contributed by atoms with Gasteiger partial charge in [-0.15, -0.1) is 0 Å². The fourth-order valence-electron chi connectivity index (χ4n) is 1.82. The first kappa shape index (κ1) is 15.7. The van der Waals surface area contributed by atoms with Crippen LogP contribution in [0.5, 0.6) is 5.75 Å². The first-order chi connectivity index (χ1) is 10.6. The van der Waals surface area contributed by atoms with E-state index in [1.807, 2.05) is 0 Å². The normalized spacial score (nSPS) is 10.1. The third-order valence-corrected chi connectivity index (χ3v) is 3.00. The maximum atomic E-state index is 12.7. The molecule has 2 aromatic carbocycles. The van der Waals surface area contributed by atoms with Crippen molar-refractivity contribution in [3.8, 4) is 5.75 Å². The molecule has 0 heterocycles. The number of hydrogen-bond acceptors (Lipinski definition) is 3. The Morgan fingerprint density at radius 3 is 2.27 bits per heavy atom. The van der Waals surface area contributed by atoms with E-state index in [0.717, 1.165) is 0 Å². The van der Waals surface area contributed by atoms with Crippen molar-refractivity contribution >= 4 is 17.4 Å². The lowest BCUT2D eigenvalue weighted by Gasteiger charge is -2.08. The minimum absolute atomic E-state index is 0.0561. The summed E-state index contributed by atoms with van der Waals surface area (Å²) in [6.07, 6.45) is 0.445. The van der Waals surface area contributed by atoms with Gasteiger partial charge in [-0.2, -0.15) is 0 Å². The van der Waals surface area contributed by atoms with E-state index in [1.165, 1.54) is 24.3 Å². The van der Waals surface area contributed by atoms with E-state index in [0.29, 0.717) is 23.4 Å². The maximum Gasteiger partial charge on any atom is 0.262 e. The van der Waals surface area contributed by atoms with Gasteiger partial charge in [-0.3, -0.25) is 9.59 Å². The molecule has 4 nitrogen and oxygen atoms in total. The zero-order valence-electron chi connectivity index (χ0n) is 12.1. The first-order valence-electron chi connectivity index (χ1n) is 6.90. The van der Waals surface area contributed by atoms with Crippen LogP contribution < -0.4 is 10.1 Å². The maximum absolute atomic E-state index is 12.7. The number of carbonyl (C=O) groups is 2. The van der Waals surface area contributed by atoms with Crippen LogP contribution in [0.3, 0.4) is 0 Å². The van der Waals surface area contributed by atoms with Gasteiger partial charge in [0.2, 0.25) is 0 Å². The molecule has 0 saturated heterocycles. The quantitative estimate of drug-likeness (QED) is 0.832. The fourth-order valence-corrected chi connectivity index (χ4v) is 1.82. The average molecular weight is 301 g/mol. The minimum atomic E-state index is -0.365. The summed E-state index contributed by atoms with van der Waals surface area (Å²) in [6, 6.07) is 12.1. The van der Waals surface area contributed by atoms with Crippen LogP contribution in [0.2, 0.25) is 0 Å². The number of Topliss-reactive ketones (excluding diaryl/α,β-unsaturated/α-hetero) is 1. The highest BCUT2D eigenvalue weighted by Crippen LogP contribution is 2.14. The minimum Gasteiger partial charge on any atom is -0.484 e. The van der Waals surface area contributed by atoms with E-state index >= 15 is 0 Å². The highest BCUT2D eigenvalue weighted by molar-refractivity contribution is 5.96. The summed E-state index contributed by atoms with van der Waals surface area (Å²) in [7, 11) is 0. The van der Waals surface area contributed by atoms with Gasteiger partial charge >= 0.3 is 0 Å². The Bertz CT molecular complexity index is 651. The van der Waals surface area contributed by atoms with E-state index in [9.17, 15) is 14.0 Å². The average Bonchev–Trinajstić information content (AvgIpc) is 2.55. The molecular formula is C17H16FNO3. The Morgan fingerprint density at radius 2 is 1.68 bits per heavy atom. The van der Waals surface area contributed by atoms with Gasteiger partial charge in [0.05, 0.1) is 0 Å². The van der Waals surface area contributed by atoms with Crippen molar-refractivity contribution in [3.05, 3.63) is 59.9 Å². The molecule has 0 unspecified atom stereocenters. The predicted octanol–water partition coefficient (Wildman–Crippen LogP) is 3.44. The fraction of sp³-hybridized carbons (Fsp3) is 0.176. The molecule has 0 aliphatic heterocycles. The second kappa shape index (κ2) is 7.36. The number of carbonyl (C=O) groups excluding carboxylic acids is 2. The van der Waals surface area contributed by atoms with Crippen molar-refractivity contribution in [1.29, 1.82) is 0 Å². The Kier molecular flexibility index (Phi) is 5.25. The van der Waals surface area contributed by atoms with Crippen LogP contribution in [0.15, 0.2) is 48.5 Å². The number of halogens is 1. The van der Waals surface area contributed by atoms with Gasteiger partial charge < -0.3 is 10.1 Å². The summed E-state index contributed by atoms with van der Waals surface area (Å²) in [5, 5.41) is 2.59. The van der Waals surface area contributed by atoms with Crippen LogP contribution in [0, 0.1) is 5.82 Å². The monoisotopic (exact) mass is 301 g/mol. The highest BCUT2D eigenvalue weighted by Gasteiger charge is 2.06. The molecule has 2 rings (SSSR count). The molecule has 1 amide bonds. The number of ketones is 1. The molecule has 0 aliphatic carbocycles. The lowest BCUT2D eigenvalue weighted by molar-refractivity contribution is -0.118. The SMILES string of the molecule is CCC(=O)c1ccc(OCC(=O)Nc2ccc(F)cc2)cc1. The predicted molar refractivity (Wildman–Crippen MR) is 81.6 cm³/mol. The first-order valence-corrected chi connectivity index (χ1v) is 6.90. The van der Waals surface area contributed by atoms with Crippen LogP contribution in [-0.4, -0.2) is 18.3 Å². The molecular weight excluding hydrogens is 285 g/mol. The molecule has 0 bridgehead atoms. The summed E-state index contributed by atoms with van der Waals surface area (Å²) >= 11 is 0. The molecule has 0 fully saturated rings.